The maximum atomic E-state index is 12.3. The predicted octanol–water partition coefficient (Wildman–Crippen LogP) is 0.995. The molecular formula is C18H24N2O4. The first kappa shape index (κ1) is 16.9. The van der Waals surface area contributed by atoms with Gasteiger partial charge in [0.2, 0.25) is 11.8 Å². The first-order valence-electron chi connectivity index (χ1n) is 8.51. The summed E-state index contributed by atoms with van der Waals surface area (Å²) in [5.74, 6) is 0.310. The maximum absolute atomic E-state index is 12.3. The van der Waals surface area contributed by atoms with Crippen LogP contribution in [0.2, 0.25) is 0 Å². The summed E-state index contributed by atoms with van der Waals surface area (Å²) in [5, 5.41) is 22.3. The van der Waals surface area contributed by atoms with Crippen molar-refractivity contribution < 1.29 is 19.8 Å². The van der Waals surface area contributed by atoms with Crippen LogP contribution in [-0.4, -0.2) is 52.2 Å². The van der Waals surface area contributed by atoms with E-state index >= 15 is 0 Å². The van der Waals surface area contributed by atoms with E-state index in [1.54, 1.807) is 4.90 Å². The molecule has 0 radical (unpaired) electrons. The van der Waals surface area contributed by atoms with Crippen LogP contribution < -0.4 is 5.32 Å². The Labute approximate surface area is 141 Å². The highest BCUT2D eigenvalue weighted by Crippen LogP contribution is 2.36. The molecule has 4 atom stereocenters. The fraction of sp³-hybridized carbons (Fsp3) is 0.556. The quantitative estimate of drug-likeness (QED) is 0.767. The standard InChI is InChI=1S/C18H24N2O4/c21-15-8-12-10-20(11-13(12)9-16(15)22)18(24)7-6-17(23)19-14-4-2-1-3-5-14/h1-5,12-13,15-16,21-22H,6-11H2,(H,19,23)/t12-,13+,15-,16-/m0/s1. The lowest BCUT2D eigenvalue weighted by Gasteiger charge is -2.31. The molecule has 1 aromatic carbocycles. The Morgan fingerprint density at radius 2 is 1.58 bits per heavy atom. The monoisotopic (exact) mass is 332 g/mol. The molecule has 2 fully saturated rings. The lowest BCUT2D eigenvalue weighted by molar-refractivity contribution is -0.132. The van der Waals surface area contributed by atoms with Crippen molar-refractivity contribution in [1.82, 2.24) is 4.90 Å². The number of anilines is 1. The van der Waals surface area contributed by atoms with Crippen molar-refractivity contribution in [3.8, 4) is 0 Å². The molecule has 24 heavy (non-hydrogen) atoms. The maximum Gasteiger partial charge on any atom is 0.224 e. The zero-order valence-corrected chi connectivity index (χ0v) is 13.6. The predicted molar refractivity (Wildman–Crippen MR) is 89.1 cm³/mol. The van der Waals surface area contributed by atoms with Crippen molar-refractivity contribution in [3.05, 3.63) is 30.3 Å². The number of carbonyl (C=O) groups is 2. The van der Waals surface area contributed by atoms with Crippen LogP contribution in [0.25, 0.3) is 0 Å². The van der Waals surface area contributed by atoms with Crippen molar-refractivity contribution in [2.45, 2.75) is 37.9 Å². The lowest BCUT2D eigenvalue weighted by atomic mass is 9.79. The number of amides is 2. The Morgan fingerprint density at radius 3 is 2.17 bits per heavy atom. The van der Waals surface area contributed by atoms with Crippen molar-refractivity contribution in [2.75, 3.05) is 18.4 Å². The molecule has 2 aliphatic rings. The number of nitrogens with zero attached hydrogens (tertiary/aromatic N) is 1. The smallest absolute Gasteiger partial charge is 0.224 e. The van der Waals surface area contributed by atoms with Gasteiger partial charge in [0, 0.05) is 31.6 Å². The van der Waals surface area contributed by atoms with Crippen LogP contribution in [0.4, 0.5) is 5.69 Å². The van der Waals surface area contributed by atoms with Gasteiger partial charge < -0.3 is 20.4 Å². The molecule has 1 aliphatic heterocycles. The minimum absolute atomic E-state index is 0.0309. The van der Waals surface area contributed by atoms with E-state index in [1.807, 2.05) is 30.3 Å². The van der Waals surface area contributed by atoms with Crippen LogP contribution in [0.3, 0.4) is 0 Å². The lowest BCUT2D eigenvalue weighted by Crippen LogP contribution is -2.38. The van der Waals surface area contributed by atoms with Crippen molar-refractivity contribution in [3.63, 3.8) is 0 Å². The number of para-hydroxylation sites is 1. The van der Waals surface area contributed by atoms with E-state index in [9.17, 15) is 19.8 Å². The summed E-state index contributed by atoms with van der Waals surface area (Å²) in [7, 11) is 0. The second-order valence-electron chi connectivity index (χ2n) is 6.84. The molecule has 1 aliphatic carbocycles. The molecule has 3 rings (SSSR count). The average molecular weight is 332 g/mol. The largest absolute Gasteiger partial charge is 0.390 e. The van der Waals surface area contributed by atoms with E-state index < -0.39 is 12.2 Å². The number of hydrogen-bond donors (Lipinski definition) is 3. The molecule has 0 bridgehead atoms. The first-order chi connectivity index (χ1) is 11.5. The molecule has 0 unspecified atom stereocenters. The third-order valence-corrected chi connectivity index (χ3v) is 5.09. The van der Waals surface area contributed by atoms with E-state index in [0.29, 0.717) is 25.9 Å². The molecule has 3 N–H and O–H groups in total. The summed E-state index contributed by atoms with van der Waals surface area (Å²) < 4.78 is 0. The molecule has 6 nitrogen and oxygen atoms in total. The highest BCUT2D eigenvalue weighted by atomic mass is 16.3. The minimum atomic E-state index is -0.682. The van der Waals surface area contributed by atoms with Crippen LogP contribution in [0.5, 0.6) is 0 Å². The second kappa shape index (κ2) is 7.32. The van der Waals surface area contributed by atoms with Gasteiger partial charge in [-0.1, -0.05) is 18.2 Å². The van der Waals surface area contributed by atoms with Gasteiger partial charge >= 0.3 is 0 Å². The van der Waals surface area contributed by atoms with Gasteiger partial charge in [-0.25, -0.2) is 0 Å². The second-order valence-corrected chi connectivity index (χ2v) is 6.84. The highest BCUT2D eigenvalue weighted by molar-refractivity contribution is 5.93. The molecule has 1 aromatic rings. The molecule has 1 heterocycles. The normalized spacial score (nSPS) is 29.2. The minimum Gasteiger partial charge on any atom is -0.390 e. The number of aliphatic hydroxyl groups excluding tert-OH is 2. The zero-order valence-electron chi connectivity index (χ0n) is 13.6. The summed E-state index contributed by atoms with van der Waals surface area (Å²) in [6.07, 6.45) is 0.0679. The van der Waals surface area contributed by atoms with Crippen molar-refractivity contribution in [2.24, 2.45) is 11.8 Å². The number of rotatable bonds is 4. The average Bonchev–Trinajstić information content (AvgIpc) is 2.97. The van der Waals surface area contributed by atoms with Gasteiger partial charge in [0.25, 0.3) is 0 Å². The molecular weight excluding hydrogens is 308 g/mol. The summed E-state index contributed by atoms with van der Waals surface area (Å²) in [5.41, 5.74) is 0.727. The van der Waals surface area contributed by atoms with Gasteiger partial charge in [0.1, 0.15) is 0 Å². The topological polar surface area (TPSA) is 89.9 Å². The molecule has 1 saturated heterocycles. The number of carbonyl (C=O) groups excluding carboxylic acids is 2. The van der Waals surface area contributed by atoms with E-state index in [2.05, 4.69) is 5.32 Å². The van der Waals surface area contributed by atoms with E-state index in [1.165, 1.54) is 0 Å². The van der Waals surface area contributed by atoms with E-state index in [-0.39, 0.29) is 36.5 Å². The van der Waals surface area contributed by atoms with Crippen molar-refractivity contribution >= 4 is 17.5 Å². The van der Waals surface area contributed by atoms with Crippen LogP contribution in [0.15, 0.2) is 30.3 Å². The van der Waals surface area contributed by atoms with Crippen LogP contribution >= 0.6 is 0 Å². The third kappa shape index (κ3) is 3.94. The third-order valence-electron chi connectivity index (χ3n) is 5.09. The fourth-order valence-corrected chi connectivity index (χ4v) is 3.73. The molecule has 0 spiro atoms. The molecule has 2 amide bonds. The fourth-order valence-electron chi connectivity index (χ4n) is 3.73. The Hall–Kier alpha value is -1.92. The molecule has 1 saturated carbocycles. The molecule has 6 heteroatoms. The number of fused-ring (bicyclic) bond motifs is 1. The molecule has 130 valence electrons. The van der Waals surface area contributed by atoms with E-state index in [0.717, 1.165) is 5.69 Å². The summed E-state index contributed by atoms with van der Waals surface area (Å²) >= 11 is 0. The zero-order chi connectivity index (χ0) is 17.1. The van der Waals surface area contributed by atoms with Gasteiger partial charge in [-0.3, -0.25) is 9.59 Å². The number of hydrogen-bond acceptors (Lipinski definition) is 4. The Balaban J connectivity index is 1.45. The van der Waals surface area contributed by atoms with Gasteiger partial charge in [0.15, 0.2) is 0 Å². The number of benzene rings is 1. The van der Waals surface area contributed by atoms with Crippen LogP contribution in [0.1, 0.15) is 25.7 Å². The Morgan fingerprint density at radius 1 is 1.00 bits per heavy atom. The van der Waals surface area contributed by atoms with Gasteiger partial charge in [-0.05, 0) is 36.8 Å². The SMILES string of the molecule is O=C(CCC(=O)N1C[C@H]2C[C@H](O)[C@@H](O)C[C@H]2C1)Nc1ccccc1. The Kier molecular flexibility index (Phi) is 5.16. The van der Waals surface area contributed by atoms with Crippen LogP contribution in [-0.2, 0) is 9.59 Å². The summed E-state index contributed by atoms with van der Waals surface area (Å²) in [4.78, 5) is 26.0. The van der Waals surface area contributed by atoms with Crippen LogP contribution in [0, 0.1) is 11.8 Å². The highest BCUT2D eigenvalue weighted by Gasteiger charge is 2.42. The van der Waals surface area contributed by atoms with Gasteiger partial charge in [-0.2, -0.15) is 0 Å². The Bertz CT molecular complexity index is 574. The summed E-state index contributed by atoms with van der Waals surface area (Å²) in [6, 6.07) is 9.17. The first-order valence-corrected chi connectivity index (χ1v) is 8.51. The van der Waals surface area contributed by atoms with Crippen molar-refractivity contribution in [1.29, 1.82) is 0 Å². The number of nitrogens with one attached hydrogen (secondary N) is 1. The number of likely N-dealkylation sites (tertiary alicyclic amines) is 1. The summed E-state index contributed by atoms with van der Waals surface area (Å²) in [6.45, 7) is 1.24. The molecule has 0 aromatic heterocycles. The van der Waals surface area contributed by atoms with E-state index in [4.69, 9.17) is 0 Å². The van der Waals surface area contributed by atoms with Gasteiger partial charge in [-0.15, -0.1) is 0 Å². The van der Waals surface area contributed by atoms with Gasteiger partial charge in [0.05, 0.1) is 12.2 Å². The number of aliphatic hydroxyl groups is 2.